The minimum atomic E-state index is -0.559. The summed E-state index contributed by atoms with van der Waals surface area (Å²) in [6.45, 7) is 3.44. The molecule has 4 nitrogen and oxygen atoms in total. The Morgan fingerprint density at radius 1 is 1.64 bits per heavy atom. The Balaban J connectivity index is 2.21. The molecular formula is C9H14BrN3O. The first-order valence-corrected chi connectivity index (χ1v) is 5.44. The topological polar surface area (TPSA) is 41.3 Å². The fourth-order valence-corrected chi connectivity index (χ4v) is 2.30. The van der Waals surface area contributed by atoms with Gasteiger partial charge in [0.25, 0.3) is 0 Å². The summed E-state index contributed by atoms with van der Waals surface area (Å²) < 4.78 is 2.66. The summed E-state index contributed by atoms with van der Waals surface area (Å²) in [6.07, 6.45) is 0.815. The highest BCUT2D eigenvalue weighted by atomic mass is 79.9. The highest BCUT2D eigenvalue weighted by molar-refractivity contribution is 9.10. The van der Waals surface area contributed by atoms with Crippen LogP contribution in [0.15, 0.2) is 10.7 Å². The quantitative estimate of drug-likeness (QED) is 0.823. The summed E-state index contributed by atoms with van der Waals surface area (Å²) >= 11 is 3.34. The van der Waals surface area contributed by atoms with E-state index in [4.69, 9.17) is 0 Å². The van der Waals surface area contributed by atoms with Crippen molar-refractivity contribution in [3.63, 3.8) is 0 Å². The van der Waals surface area contributed by atoms with Crippen LogP contribution in [0.4, 0.5) is 5.82 Å². The summed E-state index contributed by atoms with van der Waals surface area (Å²) in [4.78, 5) is 2.15. The van der Waals surface area contributed by atoms with Crippen LogP contribution in [0.1, 0.15) is 13.3 Å². The average molecular weight is 260 g/mol. The average Bonchev–Trinajstić information content (AvgIpc) is 2.55. The molecule has 1 atom stereocenters. The fourth-order valence-electron chi connectivity index (χ4n) is 1.86. The van der Waals surface area contributed by atoms with Crippen molar-refractivity contribution >= 4 is 21.7 Å². The van der Waals surface area contributed by atoms with Crippen molar-refractivity contribution in [1.29, 1.82) is 0 Å². The van der Waals surface area contributed by atoms with E-state index in [1.165, 1.54) is 0 Å². The SMILES string of the molecule is Cn1nc(Br)cc1N1CCC(C)(O)C1. The van der Waals surface area contributed by atoms with Gasteiger partial charge in [0.15, 0.2) is 0 Å². The van der Waals surface area contributed by atoms with Gasteiger partial charge in [0.05, 0.1) is 5.60 Å². The van der Waals surface area contributed by atoms with Crippen molar-refractivity contribution in [3.05, 3.63) is 10.7 Å². The Kier molecular flexibility index (Phi) is 2.31. The molecule has 1 N–H and O–H groups in total. The zero-order valence-electron chi connectivity index (χ0n) is 8.37. The van der Waals surface area contributed by atoms with Gasteiger partial charge in [0, 0.05) is 26.2 Å². The molecule has 0 bridgehead atoms. The first-order chi connectivity index (χ1) is 6.48. The van der Waals surface area contributed by atoms with Gasteiger partial charge < -0.3 is 10.0 Å². The van der Waals surface area contributed by atoms with Gasteiger partial charge in [0.1, 0.15) is 10.4 Å². The van der Waals surface area contributed by atoms with Gasteiger partial charge >= 0.3 is 0 Å². The lowest BCUT2D eigenvalue weighted by molar-refractivity contribution is 0.0838. The van der Waals surface area contributed by atoms with E-state index >= 15 is 0 Å². The number of hydrogen-bond acceptors (Lipinski definition) is 3. The van der Waals surface area contributed by atoms with Crippen molar-refractivity contribution < 1.29 is 5.11 Å². The number of aliphatic hydroxyl groups is 1. The highest BCUT2D eigenvalue weighted by Gasteiger charge is 2.32. The van der Waals surface area contributed by atoms with Crippen LogP contribution >= 0.6 is 15.9 Å². The first-order valence-electron chi connectivity index (χ1n) is 4.65. The van der Waals surface area contributed by atoms with Gasteiger partial charge in [-0.15, -0.1) is 0 Å². The molecule has 0 aromatic carbocycles. The fraction of sp³-hybridized carbons (Fsp3) is 0.667. The van der Waals surface area contributed by atoms with E-state index in [0.717, 1.165) is 23.4 Å². The van der Waals surface area contributed by atoms with E-state index in [1.807, 2.05) is 24.7 Å². The third-order valence-corrected chi connectivity index (χ3v) is 2.99. The summed E-state index contributed by atoms with van der Waals surface area (Å²) in [6, 6.07) is 1.97. The smallest absolute Gasteiger partial charge is 0.130 e. The van der Waals surface area contributed by atoms with E-state index < -0.39 is 5.60 Å². The Hall–Kier alpha value is -0.550. The maximum absolute atomic E-state index is 9.84. The van der Waals surface area contributed by atoms with E-state index in [2.05, 4.69) is 25.9 Å². The number of aryl methyl sites for hydroxylation is 1. The molecule has 1 aromatic heterocycles. The standard InChI is InChI=1S/C9H14BrN3O/c1-9(14)3-4-13(6-9)8-5-7(10)11-12(8)2/h5,14H,3-4,6H2,1-2H3. The Morgan fingerprint density at radius 2 is 2.36 bits per heavy atom. The van der Waals surface area contributed by atoms with Crippen LogP contribution in [0.5, 0.6) is 0 Å². The largest absolute Gasteiger partial charge is 0.388 e. The Labute approximate surface area is 91.6 Å². The molecule has 1 saturated heterocycles. The van der Waals surface area contributed by atoms with Crippen molar-refractivity contribution in [1.82, 2.24) is 9.78 Å². The monoisotopic (exact) mass is 259 g/mol. The van der Waals surface area contributed by atoms with Crippen LogP contribution in [-0.4, -0.2) is 33.6 Å². The zero-order chi connectivity index (χ0) is 10.3. The van der Waals surface area contributed by atoms with E-state index in [-0.39, 0.29) is 0 Å². The molecule has 1 aliphatic rings. The molecule has 78 valence electrons. The second-order valence-corrected chi connectivity index (χ2v) is 4.93. The van der Waals surface area contributed by atoms with E-state index in [0.29, 0.717) is 6.54 Å². The van der Waals surface area contributed by atoms with E-state index in [9.17, 15) is 5.11 Å². The normalized spacial score (nSPS) is 27.3. The first kappa shape index (κ1) is 9.98. The van der Waals surface area contributed by atoms with Gasteiger partial charge in [-0.3, -0.25) is 4.68 Å². The summed E-state index contributed by atoms with van der Waals surface area (Å²) in [5.74, 6) is 1.05. The maximum atomic E-state index is 9.84. The second kappa shape index (κ2) is 3.24. The summed E-state index contributed by atoms with van der Waals surface area (Å²) in [7, 11) is 1.91. The predicted molar refractivity (Wildman–Crippen MR) is 58.4 cm³/mol. The molecule has 1 aliphatic heterocycles. The molecule has 0 amide bonds. The summed E-state index contributed by atoms with van der Waals surface area (Å²) in [5.41, 5.74) is -0.559. The number of β-amino-alcohol motifs (C(OH)–C–C–N with tert-alkyl or cyclic N) is 1. The number of nitrogens with zero attached hydrogens (tertiary/aromatic N) is 3. The van der Waals surface area contributed by atoms with Gasteiger partial charge in [-0.2, -0.15) is 5.10 Å². The second-order valence-electron chi connectivity index (χ2n) is 4.12. The number of halogens is 1. The predicted octanol–water partition coefficient (Wildman–Crippen LogP) is 1.14. The van der Waals surface area contributed by atoms with Crippen LogP contribution in [0.25, 0.3) is 0 Å². The molecule has 2 heterocycles. The minimum Gasteiger partial charge on any atom is -0.388 e. The Morgan fingerprint density at radius 3 is 2.79 bits per heavy atom. The number of hydrogen-bond donors (Lipinski definition) is 1. The molecule has 1 unspecified atom stereocenters. The van der Waals surface area contributed by atoms with Crippen molar-refractivity contribution in [2.24, 2.45) is 7.05 Å². The van der Waals surface area contributed by atoms with Crippen molar-refractivity contribution in [2.75, 3.05) is 18.0 Å². The summed E-state index contributed by atoms with van der Waals surface area (Å²) in [5, 5.41) is 14.1. The molecule has 0 radical (unpaired) electrons. The lowest BCUT2D eigenvalue weighted by Gasteiger charge is -2.20. The van der Waals surface area contributed by atoms with Gasteiger partial charge in [-0.25, -0.2) is 0 Å². The molecule has 0 aliphatic carbocycles. The van der Waals surface area contributed by atoms with Gasteiger partial charge in [0.2, 0.25) is 0 Å². The molecule has 0 spiro atoms. The van der Waals surface area contributed by atoms with Crippen LogP contribution in [0.3, 0.4) is 0 Å². The molecule has 5 heteroatoms. The van der Waals surface area contributed by atoms with Crippen LogP contribution < -0.4 is 4.90 Å². The Bertz CT molecular complexity index is 348. The number of rotatable bonds is 1. The highest BCUT2D eigenvalue weighted by Crippen LogP contribution is 2.27. The molecular weight excluding hydrogens is 246 g/mol. The van der Waals surface area contributed by atoms with Crippen molar-refractivity contribution in [3.8, 4) is 0 Å². The van der Waals surface area contributed by atoms with Crippen LogP contribution in [-0.2, 0) is 7.05 Å². The minimum absolute atomic E-state index is 0.559. The molecule has 14 heavy (non-hydrogen) atoms. The molecule has 0 saturated carbocycles. The van der Waals surface area contributed by atoms with Crippen LogP contribution in [0, 0.1) is 0 Å². The number of aromatic nitrogens is 2. The lowest BCUT2D eigenvalue weighted by Crippen LogP contribution is -2.30. The van der Waals surface area contributed by atoms with Crippen molar-refractivity contribution in [2.45, 2.75) is 18.9 Å². The van der Waals surface area contributed by atoms with Crippen LogP contribution in [0.2, 0.25) is 0 Å². The van der Waals surface area contributed by atoms with E-state index in [1.54, 1.807) is 0 Å². The molecule has 1 fully saturated rings. The maximum Gasteiger partial charge on any atom is 0.130 e. The lowest BCUT2D eigenvalue weighted by atomic mass is 10.1. The van der Waals surface area contributed by atoms with Gasteiger partial charge in [-0.1, -0.05) is 0 Å². The molecule has 2 rings (SSSR count). The zero-order valence-corrected chi connectivity index (χ0v) is 9.95. The third kappa shape index (κ3) is 1.79. The van der Waals surface area contributed by atoms with Gasteiger partial charge in [-0.05, 0) is 29.3 Å². The number of anilines is 1. The third-order valence-electron chi connectivity index (χ3n) is 2.60. The molecule has 1 aromatic rings.